The number of anilines is 1. The number of halogens is 2. The van der Waals surface area contributed by atoms with Gasteiger partial charge in [0.2, 0.25) is 11.8 Å². The topological polar surface area (TPSA) is 113 Å². The summed E-state index contributed by atoms with van der Waals surface area (Å²) < 4.78 is 27.4. The molecule has 1 aliphatic rings. The van der Waals surface area contributed by atoms with Crippen LogP contribution in [0.2, 0.25) is 0 Å². The van der Waals surface area contributed by atoms with Crippen molar-refractivity contribution in [3.63, 3.8) is 0 Å². The number of likely N-dealkylation sites (N-methyl/N-ethyl adjacent to an activating group) is 1. The van der Waals surface area contributed by atoms with Gasteiger partial charge in [0.15, 0.2) is 0 Å². The third kappa shape index (κ3) is 3.77. The molecular formula is C18H20F2N8O2. The lowest BCUT2D eigenvalue weighted by atomic mass is 10.0. The molecule has 30 heavy (non-hydrogen) atoms. The number of alkyl halides is 2. The smallest absolute Gasteiger partial charge is 0.293 e. The fourth-order valence-electron chi connectivity index (χ4n) is 3.56. The molecule has 0 aromatic carbocycles. The van der Waals surface area contributed by atoms with Crippen LogP contribution in [0.4, 0.5) is 14.7 Å². The van der Waals surface area contributed by atoms with Crippen molar-refractivity contribution in [3.8, 4) is 0 Å². The molecule has 0 bridgehead atoms. The Hall–Kier alpha value is -3.28. The number of carbonyl (C=O) groups is 1. The highest BCUT2D eigenvalue weighted by Gasteiger charge is 2.39. The number of nitrogens with zero attached hydrogens (tertiary/aromatic N) is 8. The first kappa shape index (κ1) is 20.0. The summed E-state index contributed by atoms with van der Waals surface area (Å²) in [6.07, 6.45) is 0.862. The van der Waals surface area contributed by atoms with Crippen molar-refractivity contribution in [2.45, 2.75) is 25.4 Å². The summed E-state index contributed by atoms with van der Waals surface area (Å²) in [6, 6.07) is 2.90. The zero-order valence-electron chi connectivity index (χ0n) is 16.4. The summed E-state index contributed by atoms with van der Waals surface area (Å²) in [7, 11) is 1.50. The number of amides is 1. The van der Waals surface area contributed by atoms with Gasteiger partial charge in [0.1, 0.15) is 11.3 Å². The highest BCUT2D eigenvalue weighted by molar-refractivity contribution is 5.90. The van der Waals surface area contributed by atoms with Crippen LogP contribution in [-0.4, -0.2) is 77.7 Å². The molecule has 1 atom stereocenters. The molecule has 1 amide bonds. The van der Waals surface area contributed by atoms with Crippen molar-refractivity contribution >= 4 is 17.6 Å². The number of fused-ring (bicyclic) bond motifs is 1. The number of aliphatic hydroxyl groups is 1. The highest BCUT2D eigenvalue weighted by atomic mass is 19.3. The maximum absolute atomic E-state index is 13.3. The molecule has 12 heteroatoms. The molecule has 0 spiro atoms. The Morgan fingerprint density at radius 2 is 2.07 bits per heavy atom. The minimum absolute atomic E-state index is 0.0128. The van der Waals surface area contributed by atoms with Crippen LogP contribution >= 0.6 is 0 Å². The summed E-state index contributed by atoms with van der Waals surface area (Å²) in [4.78, 5) is 32.3. The third-order valence-corrected chi connectivity index (χ3v) is 4.93. The van der Waals surface area contributed by atoms with Crippen molar-refractivity contribution in [1.82, 2.24) is 34.4 Å². The normalized spacial score (nSPS) is 19.1. The van der Waals surface area contributed by atoms with Gasteiger partial charge in [0.05, 0.1) is 13.1 Å². The zero-order chi connectivity index (χ0) is 21.5. The first-order valence-corrected chi connectivity index (χ1v) is 9.28. The van der Waals surface area contributed by atoms with Crippen LogP contribution in [0.25, 0.3) is 5.78 Å². The average molecular weight is 418 g/mol. The summed E-state index contributed by atoms with van der Waals surface area (Å²) in [6.45, 7) is 2.37. The maximum atomic E-state index is 13.3. The Bertz CT molecular complexity index is 1080. The molecule has 3 aromatic heterocycles. The van der Waals surface area contributed by atoms with E-state index in [0.717, 1.165) is 4.52 Å². The van der Waals surface area contributed by atoms with Crippen LogP contribution in [0.1, 0.15) is 34.9 Å². The predicted octanol–water partition coefficient (Wildman–Crippen LogP) is 0.874. The summed E-state index contributed by atoms with van der Waals surface area (Å²) in [5.41, 5.74) is -1.22. The zero-order valence-corrected chi connectivity index (χ0v) is 16.4. The Labute approximate surface area is 170 Å². The van der Waals surface area contributed by atoms with E-state index in [-0.39, 0.29) is 30.4 Å². The number of hydrogen-bond donors (Lipinski definition) is 1. The van der Waals surface area contributed by atoms with Gasteiger partial charge in [-0.3, -0.25) is 4.79 Å². The minimum atomic E-state index is -2.79. The lowest BCUT2D eigenvalue weighted by molar-refractivity contribution is 0.0259. The van der Waals surface area contributed by atoms with Crippen molar-refractivity contribution in [1.29, 1.82) is 0 Å². The second kappa shape index (κ2) is 7.52. The quantitative estimate of drug-likeness (QED) is 0.650. The van der Waals surface area contributed by atoms with Crippen LogP contribution < -0.4 is 4.90 Å². The first-order chi connectivity index (χ1) is 14.3. The molecule has 4 heterocycles. The van der Waals surface area contributed by atoms with E-state index in [2.05, 4.69) is 25.0 Å². The van der Waals surface area contributed by atoms with Gasteiger partial charge in [-0.1, -0.05) is 0 Å². The first-order valence-electron chi connectivity index (χ1n) is 9.28. The van der Waals surface area contributed by atoms with Crippen LogP contribution in [-0.2, 0) is 0 Å². The Morgan fingerprint density at radius 1 is 1.33 bits per heavy atom. The van der Waals surface area contributed by atoms with E-state index >= 15 is 0 Å². The van der Waals surface area contributed by atoms with Crippen molar-refractivity contribution in [3.05, 3.63) is 41.7 Å². The predicted molar refractivity (Wildman–Crippen MR) is 101 cm³/mol. The van der Waals surface area contributed by atoms with E-state index in [9.17, 15) is 18.7 Å². The minimum Gasteiger partial charge on any atom is -0.386 e. The van der Waals surface area contributed by atoms with Crippen LogP contribution in [0, 0.1) is 6.92 Å². The van der Waals surface area contributed by atoms with Gasteiger partial charge in [-0.05, 0) is 25.5 Å². The van der Waals surface area contributed by atoms with E-state index in [1.807, 2.05) is 4.90 Å². The van der Waals surface area contributed by atoms with E-state index in [1.54, 1.807) is 25.4 Å². The molecule has 0 aliphatic carbocycles. The van der Waals surface area contributed by atoms with Gasteiger partial charge >= 0.3 is 0 Å². The molecule has 0 unspecified atom stereocenters. The fourth-order valence-corrected chi connectivity index (χ4v) is 3.56. The number of aromatic nitrogens is 6. The molecule has 0 saturated carbocycles. The molecule has 1 saturated heterocycles. The van der Waals surface area contributed by atoms with Crippen molar-refractivity contribution in [2.75, 3.05) is 31.6 Å². The van der Waals surface area contributed by atoms with Gasteiger partial charge in [0, 0.05) is 31.7 Å². The molecule has 4 rings (SSSR count). The third-order valence-electron chi connectivity index (χ3n) is 4.93. The second-order valence-corrected chi connectivity index (χ2v) is 7.38. The standard InChI is InChI=1S/C18H20F2N8O2/c1-11-8-12(13(19)20)28-17(23-11)24-14(25-28)15(29)26(2)9-18(30)4-7-27(10-18)16-21-5-3-6-22-16/h3,5-6,8,13,30H,4,7,9-10H2,1-2H3/t18-/m1/s1. The molecule has 1 fully saturated rings. The number of aryl methyl sites for hydroxylation is 1. The van der Waals surface area contributed by atoms with E-state index in [4.69, 9.17) is 0 Å². The van der Waals surface area contributed by atoms with Gasteiger partial charge in [-0.25, -0.2) is 23.7 Å². The number of carbonyl (C=O) groups excluding carboxylic acids is 1. The highest BCUT2D eigenvalue weighted by Crippen LogP contribution is 2.25. The number of hydrogen-bond acceptors (Lipinski definition) is 8. The summed E-state index contributed by atoms with van der Waals surface area (Å²) in [5.74, 6) is -0.428. The largest absolute Gasteiger partial charge is 0.386 e. The number of β-amino-alcohol motifs (C(OH)–C–C–N with tert-alkyl or cyclic N) is 1. The van der Waals surface area contributed by atoms with Crippen LogP contribution in [0.15, 0.2) is 24.5 Å². The lowest BCUT2D eigenvalue weighted by Gasteiger charge is -2.28. The molecule has 158 valence electrons. The van der Waals surface area contributed by atoms with Crippen LogP contribution in [0.5, 0.6) is 0 Å². The van der Waals surface area contributed by atoms with Gasteiger partial charge in [0.25, 0.3) is 18.1 Å². The Kier molecular flexibility index (Phi) is 5.02. The fraction of sp³-hybridized carbons (Fsp3) is 0.444. The van der Waals surface area contributed by atoms with Crippen molar-refractivity contribution in [2.24, 2.45) is 0 Å². The Morgan fingerprint density at radius 3 is 2.77 bits per heavy atom. The maximum Gasteiger partial charge on any atom is 0.293 e. The summed E-state index contributed by atoms with van der Waals surface area (Å²) in [5, 5.41) is 14.8. The molecule has 3 aromatic rings. The molecule has 10 nitrogen and oxygen atoms in total. The average Bonchev–Trinajstić information content (AvgIpc) is 3.31. The van der Waals surface area contributed by atoms with E-state index < -0.39 is 17.9 Å². The molecule has 0 radical (unpaired) electrons. The molecule has 1 N–H and O–H groups in total. The second-order valence-electron chi connectivity index (χ2n) is 7.38. The van der Waals surface area contributed by atoms with E-state index in [0.29, 0.717) is 24.6 Å². The monoisotopic (exact) mass is 418 g/mol. The molecule has 1 aliphatic heterocycles. The van der Waals surface area contributed by atoms with Crippen molar-refractivity contribution < 1.29 is 18.7 Å². The summed E-state index contributed by atoms with van der Waals surface area (Å²) >= 11 is 0. The van der Waals surface area contributed by atoms with Gasteiger partial charge in [-0.2, -0.15) is 9.50 Å². The molecular weight excluding hydrogens is 398 g/mol. The van der Waals surface area contributed by atoms with Gasteiger partial charge < -0.3 is 14.9 Å². The van der Waals surface area contributed by atoms with E-state index in [1.165, 1.54) is 18.0 Å². The lowest BCUT2D eigenvalue weighted by Crippen LogP contribution is -2.46. The Balaban J connectivity index is 1.51. The van der Waals surface area contributed by atoms with Gasteiger partial charge in [-0.15, -0.1) is 5.10 Å². The SMILES string of the molecule is Cc1cc(C(F)F)n2nc(C(=O)N(C)C[C@]3(O)CCN(c4ncccn4)C3)nc2n1. The number of rotatable bonds is 5. The van der Waals surface area contributed by atoms with Crippen LogP contribution in [0.3, 0.4) is 0 Å².